The summed E-state index contributed by atoms with van der Waals surface area (Å²) in [5.74, 6) is -0.239. The number of nitrogens with zero attached hydrogens (tertiary/aromatic N) is 4. The molecule has 14 nitrogen and oxygen atoms in total. The molecule has 0 unspecified atom stereocenters. The molecule has 0 spiro atoms. The fraction of sp³-hybridized carbons (Fsp3) is 0.207. The summed E-state index contributed by atoms with van der Waals surface area (Å²) in [5.41, 5.74) is -0.347. The summed E-state index contributed by atoms with van der Waals surface area (Å²) in [5, 5.41) is 23.2. The number of aromatic nitrogens is 1. The van der Waals surface area contributed by atoms with Gasteiger partial charge in [0.05, 0.1) is 51.5 Å². The highest BCUT2D eigenvalue weighted by molar-refractivity contribution is 7.07. The number of esters is 1. The molecule has 0 radical (unpaired) electrons. The Bertz CT molecular complexity index is 2100. The third-order valence-electron chi connectivity index (χ3n) is 6.85. The van der Waals surface area contributed by atoms with E-state index in [0.717, 1.165) is 11.3 Å². The molecule has 1 aliphatic rings. The smallest absolute Gasteiger partial charge is 0.338 e. The van der Waals surface area contributed by atoms with Crippen LogP contribution in [0.3, 0.4) is 0 Å². The number of non-ortho nitro benzene ring substituents is 1. The summed E-state index contributed by atoms with van der Waals surface area (Å²) in [7, 11) is 2.66. The Kier molecular flexibility index (Phi) is 8.57. The summed E-state index contributed by atoms with van der Waals surface area (Å²) >= 11 is 7.32. The highest BCUT2D eigenvalue weighted by Gasteiger charge is 2.36. The van der Waals surface area contributed by atoms with Crippen LogP contribution in [0.2, 0.25) is 5.02 Å². The molecule has 0 amide bonds. The highest BCUT2D eigenvalue weighted by Crippen LogP contribution is 2.38. The number of halogens is 1. The minimum Gasteiger partial charge on any atom is -0.496 e. The van der Waals surface area contributed by atoms with Gasteiger partial charge >= 0.3 is 11.7 Å². The molecule has 45 heavy (non-hydrogen) atoms. The van der Waals surface area contributed by atoms with Crippen molar-refractivity contribution in [3.05, 3.63) is 110 Å². The molecule has 0 aliphatic carbocycles. The Hall–Kier alpha value is -5.28. The molecule has 1 aliphatic heterocycles. The van der Waals surface area contributed by atoms with Gasteiger partial charge in [0.1, 0.15) is 23.3 Å². The molecule has 0 saturated carbocycles. The Morgan fingerprint density at radius 1 is 1.11 bits per heavy atom. The first-order valence-corrected chi connectivity index (χ1v) is 14.3. The number of benzene rings is 2. The van der Waals surface area contributed by atoms with Gasteiger partial charge in [-0.2, -0.15) is 0 Å². The first-order valence-electron chi connectivity index (χ1n) is 13.1. The molecule has 2 aromatic carbocycles. The van der Waals surface area contributed by atoms with E-state index in [9.17, 15) is 29.8 Å². The Labute approximate surface area is 262 Å². The third-order valence-corrected chi connectivity index (χ3v) is 8.17. The number of allylic oxidation sites excluding steroid dienone is 1. The predicted molar refractivity (Wildman–Crippen MR) is 162 cm³/mol. The molecule has 0 saturated heterocycles. The second-order valence-corrected chi connectivity index (χ2v) is 10.9. The van der Waals surface area contributed by atoms with Crippen molar-refractivity contribution >= 4 is 46.4 Å². The quantitative estimate of drug-likeness (QED) is 0.141. The largest absolute Gasteiger partial charge is 0.496 e. The second-order valence-electron chi connectivity index (χ2n) is 9.45. The van der Waals surface area contributed by atoms with Crippen molar-refractivity contribution in [1.82, 2.24) is 4.57 Å². The van der Waals surface area contributed by atoms with Crippen LogP contribution < -0.4 is 24.4 Å². The number of rotatable bonds is 9. The summed E-state index contributed by atoms with van der Waals surface area (Å²) in [6.07, 6.45) is 1.42. The van der Waals surface area contributed by atoms with Gasteiger partial charge in [0.25, 0.3) is 11.2 Å². The summed E-state index contributed by atoms with van der Waals surface area (Å²) in [6.45, 7) is 3.28. The van der Waals surface area contributed by atoms with Gasteiger partial charge in [0.15, 0.2) is 4.80 Å². The van der Waals surface area contributed by atoms with Crippen molar-refractivity contribution in [2.24, 2.45) is 4.99 Å². The van der Waals surface area contributed by atoms with Crippen molar-refractivity contribution in [2.45, 2.75) is 19.9 Å². The van der Waals surface area contributed by atoms with Crippen LogP contribution in [0.15, 0.2) is 67.9 Å². The van der Waals surface area contributed by atoms with E-state index < -0.39 is 27.4 Å². The average molecular weight is 655 g/mol. The molecule has 0 fully saturated rings. The van der Waals surface area contributed by atoms with Crippen LogP contribution in [0.1, 0.15) is 31.2 Å². The van der Waals surface area contributed by atoms with E-state index >= 15 is 0 Å². The van der Waals surface area contributed by atoms with Gasteiger partial charge in [-0.1, -0.05) is 22.9 Å². The van der Waals surface area contributed by atoms with Crippen molar-refractivity contribution < 1.29 is 33.3 Å². The van der Waals surface area contributed by atoms with Crippen LogP contribution in [0.5, 0.6) is 11.5 Å². The maximum Gasteiger partial charge on any atom is 0.338 e. The van der Waals surface area contributed by atoms with Crippen LogP contribution >= 0.6 is 22.9 Å². The topological polar surface area (TPSA) is 179 Å². The summed E-state index contributed by atoms with van der Waals surface area (Å²) in [4.78, 5) is 53.8. The van der Waals surface area contributed by atoms with E-state index in [2.05, 4.69) is 4.99 Å². The Morgan fingerprint density at radius 2 is 1.84 bits per heavy atom. The summed E-state index contributed by atoms with van der Waals surface area (Å²) in [6, 6.07) is 8.36. The monoisotopic (exact) mass is 654 g/mol. The van der Waals surface area contributed by atoms with E-state index in [0.29, 0.717) is 0 Å². The predicted octanol–water partition coefficient (Wildman–Crippen LogP) is 4.55. The highest BCUT2D eigenvalue weighted by atomic mass is 35.5. The molecule has 16 heteroatoms. The van der Waals surface area contributed by atoms with Crippen LogP contribution in [-0.2, 0) is 9.53 Å². The van der Waals surface area contributed by atoms with Gasteiger partial charge in [-0.05, 0) is 38.1 Å². The van der Waals surface area contributed by atoms with Crippen LogP contribution in [-0.4, -0.2) is 41.2 Å². The lowest BCUT2D eigenvalue weighted by molar-refractivity contribution is -0.385. The lowest BCUT2D eigenvalue weighted by atomic mass is 10.0. The van der Waals surface area contributed by atoms with Crippen LogP contribution in [0.4, 0.5) is 11.4 Å². The van der Waals surface area contributed by atoms with E-state index in [1.165, 1.54) is 67.3 Å². The standard InChI is InChI=1S/C29H23ClN4O10S/c1-5-43-28(36)25-14(2)31-29-32(26(25)21-9-8-20(44-21)17-12-16(33(37)38)6-7-18(17)30)27(35)24(45-29)11-15-10-19(34(39)40)23(42-4)13-22(15)41-3/h6-13,26H,5H2,1-4H3/b24-11-/t26-/m0/s1. The number of nitro benzene ring substituents is 2. The maximum atomic E-state index is 14.0. The van der Waals surface area contributed by atoms with Gasteiger partial charge in [-0.3, -0.25) is 29.6 Å². The fourth-order valence-electron chi connectivity index (χ4n) is 4.82. The van der Waals surface area contributed by atoms with E-state index in [1.807, 2.05) is 0 Å². The number of ether oxygens (including phenoxy) is 3. The molecule has 4 aromatic rings. The number of carbonyl (C=O) groups is 1. The van der Waals surface area contributed by atoms with E-state index in [-0.39, 0.29) is 77.8 Å². The Balaban J connectivity index is 1.72. The number of nitro groups is 2. The number of methoxy groups -OCH3 is 2. The zero-order valence-electron chi connectivity index (χ0n) is 24.1. The van der Waals surface area contributed by atoms with Gasteiger partial charge in [0, 0.05) is 35.4 Å². The normalized spacial score (nSPS) is 14.5. The van der Waals surface area contributed by atoms with E-state index in [1.54, 1.807) is 13.8 Å². The number of hydrogen-bond acceptors (Lipinski definition) is 12. The number of carbonyl (C=O) groups excluding carboxylic acids is 1. The molecule has 232 valence electrons. The lowest BCUT2D eigenvalue weighted by Gasteiger charge is -2.22. The first-order chi connectivity index (χ1) is 21.5. The molecular weight excluding hydrogens is 632 g/mol. The number of hydrogen-bond donors (Lipinski definition) is 0. The maximum absolute atomic E-state index is 14.0. The number of furan rings is 1. The number of thiazole rings is 1. The minimum atomic E-state index is -1.14. The van der Waals surface area contributed by atoms with Gasteiger partial charge in [-0.25, -0.2) is 9.79 Å². The average Bonchev–Trinajstić information content (AvgIpc) is 3.61. The number of fused-ring (bicyclic) bond motifs is 1. The molecule has 5 rings (SSSR count). The SMILES string of the molecule is CCOC(=O)C1=C(C)N=c2s/c(=C\c3cc([N+](=O)[O-])c(OC)cc3OC)c(=O)n2[C@H]1c1ccc(-c2cc([N+](=O)[O-])ccc2Cl)o1. The zero-order chi connectivity index (χ0) is 32.6. The summed E-state index contributed by atoms with van der Waals surface area (Å²) < 4.78 is 23.3. The van der Waals surface area contributed by atoms with Crippen LogP contribution in [0.25, 0.3) is 17.4 Å². The first kappa shape index (κ1) is 31.2. The second kappa shape index (κ2) is 12.4. The molecule has 0 N–H and O–H groups in total. The van der Waals surface area contributed by atoms with Gasteiger partial charge < -0.3 is 18.6 Å². The Morgan fingerprint density at radius 3 is 2.49 bits per heavy atom. The molecule has 1 atom stereocenters. The molecule has 0 bridgehead atoms. The zero-order valence-corrected chi connectivity index (χ0v) is 25.6. The lowest BCUT2D eigenvalue weighted by Crippen LogP contribution is -2.39. The van der Waals surface area contributed by atoms with Gasteiger partial charge in [-0.15, -0.1) is 0 Å². The molecule has 2 aromatic heterocycles. The minimum absolute atomic E-state index is 0.0253. The molecule has 3 heterocycles. The van der Waals surface area contributed by atoms with Crippen molar-refractivity contribution in [1.29, 1.82) is 0 Å². The van der Waals surface area contributed by atoms with Crippen molar-refractivity contribution in [3.63, 3.8) is 0 Å². The molecular formula is C29H23ClN4O10S. The van der Waals surface area contributed by atoms with Crippen LogP contribution in [0, 0.1) is 20.2 Å². The van der Waals surface area contributed by atoms with Gasteiger partial charge in [0.2, 0.25) is 5.75 Å². The van der Waals surface area contributed by atoms with E-state index in [4.69, 9.17) is 30.2 Å². The third kappa shape index (κ3) is 5.70. The van der Waals surface area contributed by atoms with Crippen molar-refractivity contribution in [2.75, 3.05) is 20.8 Å². The fourth-order valence-corrected chi connectivity index (χ4v) is 6.07. The van der Waals surface area contributed by atoms with Crippen molar-refractivity contribution in [3.8, 4) is 22.8 Å².